The van der Waals surface area contributed by atoms with Crippen LogP contribution < -0.4 is 10.1 Å². The van der Waals surface area contributed by atoms with Crippen LogP contribution in [0.4, 0.5) is 5.95 Å². The molecule has 6 nitrogen and oxygen atoms in total. The minimum Gasteiger partial charge on any atom is -0.493 e. The molecule has 0 saturated heterocycles. The summed E-state index contributed by atoms with van der Waals surface area (Å²) in [5.74, 6) is 1.25. The Labute approximate surface area is 146 Å². The number of aromatic nitrogens is 4. The summed E-state index contributed by atoms with van der Waals surface area (Å²) in [6.07, 6.45) is 6.85. The SMILES string of the molecule is COc1cnc(N[C@H]2CCCc3ccccc32)nc1-c1ccnn1C. The van der Waals surface area contributed by atoms with Crippen molar-refractivity contribution in [2.45, 2.75) is 25.3 Å². The molecule has 4 rings (SSSR count). The predicted octanol–water partition coefficient (Wildman–Crippen LogP) is 3.38. The third kappa shape index (κ3) is 2.95. The number of ether oxygens (including phenoxy) is 1. The maximum Gasteiger partial charge on any atom is 0.223 e. The summed E-state index contributed by atoms with van der Waals surface area (Å²) in [4.78, 5) is 9.15. The lowest BCUT2D eigenvalue weighted by molar-refractivity contribution is 0.412. The number of methoxy groups -OCH3 is 1. The monoisotopic (exact) mass is 335 g/mol. The Morgan fingerprint density at radius 1 is 1.24 bits per heavy atom. The molecule has 1 aromatic carbocycles. The third-order valence-electron chi connectivity index (χ3n) is 4.71. The van der Waals surface area contributed by atoms with E-state index in [1.807, 2.05) is 13.1 Å². The van der Waals surface area contributed by atoms with E-state index in [1.165, 1.54) is 17.5 Å². The van der Waals surface area contributed by atoms with Gasteiger partial charge in [0.15, 0.2) is 5.75 Å². The van der Waals surface area contributed by atoms with E-state index in [1.54, 1.807) is 24.2 Å². The summed E-state index contributed by atoms with van der Waals surface area (Å²) in [6.45, 7) is 0. The van der Waals surface area contributed by atoms with E-state index in [4.69, 9.17) is 9.72 Å². The molecule has 1 N–H and O–H groups in total. The quantitative estimate of drug-likeness (QED) is 0.792. The Morgan fingerprint density at radius 3 is 2.92 bits per heavy atom. The number of fused-ring (bicyclic) bond motifs is 1. The number of anilines is 1. The summed E-state index contributed by atoms with van der Waals surface area (Å²) >= 11 is 0. The Kier molecular flexibility index (Phi) is 4.09. The molecule has 0 bridgehead atoms. The molecule has 6 heteroatoms. The zero-order chi connectivity index (χ0) is 17.2. The van der Waals surface area contributed by atoms with Crippen molar-refractivity contribution in [3.63, 3.8) is 0 Å². The van der Waals surface area contributed by atoms with Gasteiger partial charge in [0.2, 0.25) is 5.95 Å². The topological polar surface area (TPSA) is 64.9 Å². The molecule has 1 aliphatic rings. The fourth-order valence-corrected chi connectivity index (χ4v) is 3.44. The van der Waals surface area contributed by atoms with E-state index in [0.717, 1.165) is 24.2 Å². The largest absolute Gasteiger partial charge is 0.493 e. The number of hydrogen-bond donors (Lipinski definition) is 1. The molecule has 2 aromatic heterocycles. The molecule has 0 amide bonds. The van der Waals surface area contributed by atoms with Crippen molar-refractivity contribution in [3.05, 3.63) is 53.9 Å². The van der Waals surface area contributed by atoms with Crippen LogP contribution in [0.2, 0.25) is 0 Å². The van der Waals surface area contributed by atoms with E-state index >= 15 is 0 Å². The Bertz CT molecular complexity index is 889. The van der Waals surface area contributed by atoms with E-state index < -0.39 is 0 Å². The molecule has 0 fully saturated rings. The highest BCUT2D eigenvalue weighted by molar-refractivity contribution is 5.63. The van der Waals surface area contributed by atoms with Gasteiger partial charge in [-0.25, -0.2) is 9.97 Å². The lowest BCUT2D eigenvalue weighted by Gasteiger charge is -2.26. The van der Waals surface area contributed by atoms with E-state index in [-0.39, 0.29) is 6.04 Å². The molecule has 25 heavy (non-hydrogen) atoms. The van der Waals surface area contributed by atoms with Gasteiger partial charge in [-0.15, -0.1) is 0 Å². The third-order valence-corrected chi connectivity index (χ3v) is 4.71. The average molecular weight is 335 g/mol. The summed E-state index contributed by atoms with van der Waals surface area (Å²) < 4.78 is 7.21. The van der Waals surface area contributed by atoms with Gasteiger partial charge in [0, 0.05) is 13.2 Å². The van der Waals surface area contributed by atoms with Crippen LogP contribution in [0.5, 0.6) is 5.75 Å². The molecule has 2 heterocycles. The van der Waals surface area contributed by atoms with Crippen molar-refractivity contribution in [1.29, 1.82) is 0 Å². The maximum absolute atomic E-state index is 5.43. The van der Waals surface area contributed by atoms with Crippen molar-refractivity contribution in [3.8, 4) is 17.1 Å². The number of aryl methyl sites for hydroxylation is 2. The fraction of sp³-hybridized carbons (Fsp3) is 0.316. The minimum absolute atomic E-state index is 0.234. The van der Waals surface area contributed by atoms with Gasteiger partial charge in [0.25, 0.3) is 0 Å². The van der Waals surface area contributed by atoms with Crippen molar-refractivity contribution in [2.24, 2.45) is 7.05 Å². The van der Waals surface area contributed by atoms with Gasteiger partial charge in [-0.2, -0.15) is 5.10 Å². The molecular formula is C19H21N5O. The number of nitrogens with one attached hydrogen (secondary N) is 1. The van der Waals surface area contributed by atoms with Gasteiger partial charge in [-0.3, -0.25) is 4.68 Å². The fourth-order valence-electron chi connectivity index (χ4n) is 3.44. The van der Waals surface area contributed by atoms with Crippen molar-refractivity contribution < 1.29 is 4.74 Å². The summed E-state index contributed by atoms with van der Waals surface area (Å²) in [5, 5.41) is 7.73. The average Bonchev–Trinajstić information content (AvgIpc) is 3.08. The highest BCUT2D eigenvalue weighted by Gasteiger charge is 2.21. The molecule has 128 valence electrons. The van der Waals surface area contributed by atoms with Crippen LogP contribution in [0.25, 0.3) is 11.4 Å². The first-order valence-corrected chi connectivity index (χ1v) is 8.50. The molecular weight excluding hydrogens is 314 g/mol. The van der Waals surface area contributed by atoms with Crippen LogP contribution in [0.1, 0.15) is 30.0 Å². The molecule has 3 aromatic rings. The second-order valence-corrected chi connectivity index (χ2v) is 6.24. The number of benzene rings is 1. The summed E-state index contributed by atoms with van der Waals surface area (Å²) in [6, 6.07) is 10.7. The van der Waals surface area contributed by atoms with Gasteiger partial charge in [0.05, 0.1) is 25.0 Å². The number of rotatable bonds is 4. The molecule has 0 radical (unpaired) electrons. The van der Waals surface area contributed by atoms with Crippen molar-refractivity contribution in [1.82, 2.24) is 19.7 Å². The summed E-state index contributed by atoms with van der Waals surface area (Å²) in [5.41, 5.74) is 4.39. The van der Waals surface area contributed by atoms with Crippen LogP contribution >= 0.6 is 0 Å². The molecule has 1 atom stereocenters. The molecule has 0 unspecified atom stereocenters. The van der Waals surface area contributed by atoms with E-state index in [9.17, 15) is 0 Å². The number of hydrogen-bond acceptors (Lipinski definition) is 5. The molecule has 0 aliphatic heterocycles. The number of nitrogens with zero attached hydrogens (tertiary/aromatic N) is 4. The molecule has 0 saturated carbocycles. The van der Waals surface area contributed by atoms with Crippen LogP contribution in [-0.2, 0) is 13.5 Å². The first-order valence-electron chi connectivity index (χ1n) is 8.50. The molecule has 0 spiro atoms. The second-order valence-electron chi connectivity index (χ2n) is 6.24. The predicted molar refractivity (Wildman–Crippen MR) is 96.5 cm³/mol. The first kappa shape index (κ1) is 15.6. The maximum atomic E-state index is 5.43. The highest BCUT2D eigenvalue weighted by Crippen LogP contribution is 2.33. The van der Waals surface area contributed by atoms with Gasteiger partial charge < -0.3 is 10.1 Å². The lowest BCUT2D eigenvalue weighted by Crippen LogP contribution is -2.18. The van der Waals surface area contributed by atoms with E-state index in [2.05, 4.69) is 39.7 Å². The minimum atomic E-state index is 0.234. The zero-order valence-electron chi connectivity index (χ0n) is 14.4. The summed E-state index contributed by atoms with van der Waals surface area (Å²) in [7, 11) is 3.52. The smallest absolute Gasteiger partial charge is 0.223 e. The second kappa shape index (κ2) is 6.55. The lowest BCUT2D eigenvalue weighted by atomic mass is 9.88. The van der Waals surface area contributed by atoms with Crippen LogP contribution in [-0.4, -0.2) is 26.9 Å². The van der Waals surface area contributed by atoms with Gasteiger partial charge in [-0.1, -0.05) is 24.3 Å². The van der Waals surface area contributed by atoms with Gasteiger partial charge >= 0.3 is 0 Å². The van der Waals surface area contributed by atoms with Crippen molar-refractivity contribution >= 4 is 5.95 Å². The van der Waals surface area contributed by atoms with Gasteiger partial charge in [0.1, 0.15) is 5.69 Å². The Balaban J connectivity index is 1.68. The first-order chi connectivity index (χ1) is 12.3. The Morgan fingerprint density at radius 2 is 2.12 bits per heavy atom. The van der Waals surface area contributed by atoms with Gasteiger partial charge in [-0.05, 0) is 36.5 Å². The molecule has 1 aliphatic carbocycles. The normalized spacial score (nSPS) is 16.3. The zero-order valence-corrected chi connectivity index (χ0v) is 14.4. The van der Waals surface area contributed by atoms with Crippen LogP contribution in [0.3, 0.4) is 0 Å². The van der Waals surface area contributed by atoms with Crippen LogP contribution in [0, 0.1) is 0 Å². The standard InChI is InChI=1S/C19H21N5O/c1-24-16(10-11-21-24)18-17(25-2)12-20-19(23-18)22-15-9-5-7-13-6-3-4-8-14(13)15/h3-4,6,8,10-12,15H,5,7,9H2,1-2H3,(H,20,22,23)/t15-/m0/s1. The Hall–Kier alpha value is -2.89. The highest BCUT2D eigenvalue weighted by atomic mass is 16.5. The van der Waals surface area contributed by atoms with Crippen LogP contribution in [0.15, 0.2) is 42.7 Å². The van der Waals surface area contributed by atoms with Crippen molar-refractivity contribution in [2.75, 3.05) is 12.4 Å². The van der Waals surface area contributed by atoms with E-state index in [0.29, 0.717) is 11.7 Å².